The Morgan fingerprint density at radius 3 is 2.89 bits per heavy atom. The molecule has 3 rings (SSSR count). The third kappa shape index (κ3) is 5.87. The van der Waals surface area contributed by atoms with Crippen molar-refractivity contribution in [2.45, 2.75) is 39.7 Å². The van der Waals surface area contributed by atoms with Gasteiger partial charge < -0.3 is 9.84 Å². The van der Waals surface area contributed by atoms with E-state index in [-0.39, 0.29) is 11.8 Å². The lowest BCUT2D eigenvalue weighted by molar-refractivity contribution is -0.126. The molecule has 0 saturated carbocycles. The lowest BCUT2D eigenvalue weighted by atomic mass is 9.97. The van der Waals surface area contributed by atoms with Gasteiger partial charge in [0, 0.05) is 23.1 Å². The molecule has 1 fully saturated rings. The molecule has 2 heterocycles. The van der Waals surface area contributed by atoms with Crippen molar-refractivity contribution in [1.82, 2.24) is 20.4 Å². The molecule has 2 aromatic rings. The molecule has 1 aromatic heterocycles. The Balaban J connectivity index is 1.53. The summed E-state index contributed by atoms with van der Waals surface area (Å²) < 4.78 is 6.44. The maximum Gasteiger partial charge on any atom is 0.241 e. The highest BCUT2D eigenvalue weighted by atomic mass is 79.9. The van der Waals surface area contributed by atoms with Crippen LogP contribution in [0.1, 0.15) is 39.0 Å². The van der Waals surface area contributed by atoms with Crippen LogP contribution >= 0.6 is 15.9 Å². The number of carbonyl (C=O) groups excluding carboxylic acids is 1. The Kier molecular flexibility index (Phi) is 7.01. The number of piperidine rings is 1. The summed E-state index contributed by atoms with van der Waals surface area (Å²) in [5.74, 6) is 2.00. The number of rotatable bonds is 7. The van der Waals surface area contributed by atoms with E-state index in [2.05, 4.69) is 50.1 Å². The second-order valence-corrected chi connectivity index (χ2v) is 8.48. The summed E-state index contributed by atoms with van der Waals surface area (Å²) >= 11 is 3.43. The molecule has 0 spiro atoms. The average Bonchev–Trinajstić information content (AvgIpc) is 3.10. The van der Waals surface area contributed by atoms with Crippen LogP contribution in [0, 0.1) is 11.8 Å². The van der Waals surface area contributed by atoms with Gasteiger partial charge in [0.1, 0.15) is 0 Å². The summed E-state index contributed by atoms with van der Waals surface area (Å²) in [7, 11) is 0. The molecule has 0 aliphatic carbocycles. The van der Waals surface area contributed by atoms with E-state index in [9.17, 15) is 4.79 Å². The van der Waals surface area contributed by atoms with Gasteiger partial charge in [0.05, 0.1) is 12.5 Å². The molecule has 7 heteroatoms. The SMILES string of the molecule is CC(C)CCNC(=O)C1CCCN(Cc2nc(-c3ccc(Br)cc3)no2)C1. The Morgan fingerprint density at radius 1 is 1.37 bits per heavy atom. The minimum atomic E-state index is 0.0415. The van der Waals surface area contributed by atoms with E-state index in [4.69, 9.17) is 4.52 Å². The van der Waals surface area contributed by atoms with Crippen LogP contribution in [0.5, 0.6) is 0 Å². The molecule has 27 heavy (non-hydrogen) atoms. The molecule has 6 nitrogen and oxygen atoms in total. The summed E-state index contributed by atoms with van der Waals surface area (Å²) in [6, 6.07) is 7.82. The third-order valence-electron chi connectivity index (χ3n) is 4.83. The van der Waals surface area contributed by atoms with E-state index in [0.717, 1.165) is 48.9 Å². The summed E-state index contributed by atoms with van der Waals surface area (Å²) in [5.41, 5.74) is 0.925. The number of aromatic nitrogens is 2. The second kappa shape index (κ2) is 9.46. The molecule has 1 atom stereocenters. The molecule has 1 saturated heterocycles. The van der Waals surface area contributed by atoms with Gasteiger partial charge in [-0.3, -0.25) is 9.69 Å². The van der Waals surface area contributed by atoms with Gasteiger partial charge >= 0.3 is 0 Å². The molecule has 0 radical (unpaired) electrons. The van der Waals surface area contributed by atoms with E-state index in [1.54, 1.807) is 0 Å². The number of likely N-dealkylation sites (tertiary alicyclic amines) is 1. The van der Waals surface area contributed by atoms with Gasteiger partial charge in [0.25, 0.3) is 0 Å². The quantitative estimate of drug-likeness (QED) is 0.715. The average molecular weight is 435 g/mol. The van der Waals surface area contributed by atoms with Gasteiger partial charge in [-0.2, -0.15) is 4.98 Å². The molecule has 1 aromatic carbocycles. The minimum Gasteiger partial charge on any atom is -0.356 e. The van der Waals surface area contributed by atoms with Gasteiger partial charge in [-0.1, -0.05) is 34.9 Å². The van der Waals surface area contributed by atoms with Crippen molar-refractivity contribution in [3.63, 3.8) is 0 Å². The normalized spacial score (nSPS) is 18.0. The zero-order valence-corrected chi connectivity index (χ0v) is 17.5. The zero-order chi connectivity index (χ0) is 19.2. The van der Waals surface area contributed by atoms with Crippen LogP contribution in [-0.4, -0.2) is 40.6 Å². The molecular weight excluding hydrogens is 408 g/mol. The van der Waals surface area contributed by atoms with Crippen molar-refractivity contribution in [3.8, 4) is 11.4 Å². The molecule has 1 amide bonds. The van der Waals surface area contributed by atoms with Gasteiger partial charge in [-0.15, -0.1) is 0 Å². The van der Waals surface area contributed by atoms with Crippen molar-refractivity contribution in [3.05, 3.63) is 34.6 Å². The van der Waals surface area contributed by atoms with Gasteiger partial charge in [-0.05, 0) is 56.0 Å². The van der Waals surface area contributed by atoms with E-state index >= 15 is 0 Å². The van der Waals surface area contributed by atoms with Crippen molar-refractivity contribution >= 4 is 21.8 Å². The fourth-order valence-electron chi connectivity index (χ4n) is 3.27. The lowest BCUT2D eigenvalue weighted by Gasteiger charge is -2.30. The van der Waals surface area contributed by atoms with Crippen LogP contribution in [0.4, 0.5) is 0 Å². The molecule has 146 valence electrons. The highest BCUT2D eigenvalue weighted by molar-refractivity contribution is 9.10. The number of nitrogens with zero attached hydrogens (tertiary/aromatic N) is 3. The fourth-order valence-corrected chi connectivity index (χ4v) is 3.53. The number of hydrogen-bond donors (Lipinski definition) is 1. The zero-order valence-electron chi connectivity index (χ0n) is 15.9. The van der Waals surface area contributed by atoms with Crippen LogP contribution < -0.4 is 5.32 Å². The van der Waals surface area contributed by atoms with Crippen molar-refractivity contribution < 1.29 is 9.32 Å². The van der Waals surface area contributed by atoms with Gasteiger partial charge in [-0.25, -0.2) is 0 Å². The van der Waals surface area contributed by atoms with Crippen LogP contribution in [0.25, 0.3) is 11.4 Å². The summed E-state index contributed by atoms with van der Waals surface area (Å²) in [6.07, 6.45) is 2.97. The monoisotopic (exact) mass is 434 g/mol. The maximum atomic E-state index is 12.4. The van der Waals surface area contributed by atoms with Crippen LogP contribution in [0.15, 0.2) is 33.3 Å². The third-order valence-corrected chi connectivity index (χ3v) is 5.36. The summed E-state index contributed by atoms with van der Waals surface area (Å²) in [6.45, 7) is 7.37. The van der Waals surface area contributed by atoms with Crippen molar-refractivity contribution in [2.75, 3.05) is 19.6 Å². The van der Waals surface area contributed by atoms with Crippen LogP contribution in [-0.2, 0) is 11.3 Å². The van der Waals surface area contributed by atoms with E-state index in [0.29, 0.717) is 24.2 Å². The Labute approximate surface area is 168 Å². The molecular formula is C20H27BrN4O2. The number of amides is 1. The standard InChI is InChI=1S/C20H27BrN4O2/c1-14(2)9-10-22-20(26)16-4-3-11-25(12-16)13-18-23-19(24-27-18)15-5-7-17(21)8-6-15/h5-8,14,16H,3-4,9-13H2,1-2H3,(H,22,26). The van der Waals surface area contributed by atoms with Crippen molar-refractivity contribution in [2.24, 2.45) is 11.8 Å². The van der Waals surface area contributed by atoms with E-state index in [1.165, 1.54) is 0 Å². The highest BCUT2D eigenvalue weighted by Crippen LogP contribution is 2.21. The Bertz CT molecular complexity index is 745. The number of halogens is 1. The maximum absolute atomic E-state index is 12.4. The Morgan fingerprint density at radius 2 is 2.15 bits per heavy atom. The molecule has 1 aliphatic heterocycles. The smallest absolute Gasteiger partial charge is 0.241 e. The topological polar surface area (TPSA) is 71.3 Å². The molecule has 0 bridgehead atoms. The molecule has 1 aliphatic rings. The van der Waals surface area contributed by atoms with Crippen LogP contribution in [0.3, 0.4) is 0 Å². The van der Waals surface area contributed by atoms with Gasteiger partial charge in [0.2, 0.25) is 17.6 Å². The predicted octanol–water partition coefficient (Wildman–Crippen LogP) is 3.87. The molecule has 1 unspecified atom stereocenters. The Hall–Kier alpha value is -1.73. The number of hydrogen-bond acceptors (Lipinski definition) is 5. The van der Waals surface area contributed by atoms with E-state index in [1.807, 2.05) is 24.3 Å². The first-order chi connectivity index (χ1) is 13.0. The van der Waals surface area contributed by atoms with Crippen molar-refractivity contribution in [1.29, 1.82) is 0 Å². The second-order valence-electron chi connectivity index (χ2n) is 7.57. The lowest BCUT2D eigenvalue weighted by Crippen LogP contribution is -2.43. The number of benzene rings is 1. The first kappa shape index (κ1) is 20.0. The first-order valence-electron chi connectivity index (χ1n) is 9.60. The minimum absolute atomic E-state index is 0.0415. The fraction of sp³-hybridized carbons (Fsp3) is 0.550. The van der Waals surface area contributed by atoms with Crippen LogP contribution in [0.2, 0.25) is 0 Å². The first-order valence-corrected chi connectivity index (χ1v) is 10.4. The summed E-state index contributed by atoms with van der Waals surface area (Å²) in [5, 5.41) is 7.16. The van der Waals surface area contributed by atoms with E-state index < -0.39 is 0 Å². The number of carbonyl (C=O) groups is 1. The number of nitrogens with one attached hydrogen (secondary N) is 1. The largest absolute Gasteiger partial charge is 0.356 e. The van der Waals surface area contributed by atoms with Gasteiger partial charge in [0.15, 0.2) is 0 Å². The predicted molar refractivity (Wildman–Crippen MR) is 108 cm³/mol. The highest BCUT2D eigenvalue weighted by Gasteiger charge is 2.26. The molecule has 1 N–H and O–H groups in total. The summed E-state index contributed by atoms with van der Waals surface area (Å²) in [4.78, 5) is 19.1.